The molecule has 1 aliphatic rings. The molecule has 28 heavy (non-hydrogen) atoms. The Balaban J connectivity index is 1.23. The maximum atomic E-state index is 12.6. The zero-order valence-corrected chi connectivity index (χ0v) is 15.7. The van der Waals surface area contributed by atoms with Gasteiger partial charge in [-0.15, -0.1) is 10.2 Å². The van der Waals surface area contributed by atoms with E-state index in [1.165, 1.54) is 16.6 Å². The first-order valence-electron chi connectivity index (χ1n) is 9.97. The number of aromatic nitrogens is 4. The molecule has 6 heteroatoms. The number of aromatic amines is 1. The van der Waals surface area contributed by atoms with E-state index in [0.717, 1.165) is 49.1 Å². The van der Waals surface area contributed by atoms with Crippen LogP contribution in [0.15, 0.2) is 48.7 Å². The number of fused-ring (bicyclic) bond motifs is 4. The molecule has 0 spiro atoms. The molecule has 0 radical (unpaired) electrons. The Bertz CT molecular complexity index is 1140. The molecule has 3 heterocycles. The molecule has 1 unspecified atom stereocenters. The van der Waals surface area contributed by atoms with Crippen LogP contribution in [0.25, 0.3) is 16.6 Å². The molecular weight excluding hydrogens is 350 g/mol. The van der Waals surface area contributed by atoms with Crippen molar-refractivity contribution in [1.29, 1.82) is 0 Å². The van der Waals surface area contributed by atoms with Crippen molar-refractivity contribution in [3.8, 4) is 0 Å². The third-order valence-electron chi connectivity index (χ3n) is 5.64. The molecule has 3 aromatic heterocycles. The third-order valence-corrected chi connectivity index (χ3v) is 5.64. The van der Waals surface area contributed by atoms with Gasteiger partial charge < -0.3 is 10.3 Å². The number of hydrogen-bond acceptors (Lipinski definition) is 3. The van der Waals surface area contributed by atoms with Crippen LogP contribution in [0.3, 0.4) is 0 Å². The largest absolute Gasteiger partial charge is 0.356 e. The minimum atomic E-state index is 0.0811. The molecule has 6 nitrogen and oxygen atoms in total. The van der Waals surface area contributed by atoms with E-state index < -0.39 is 0 Å². The molecule has 1 aliphatic carbocycles. The van der Waals surface area contributed by atoms with E-state index in [9.17, 15) is 4.79 Å². The number of carbonyl (C=O) groups is 1. The van der Waals surface area contributed by atoms with Gasteiger partial charge in [-0.2, -0.15) is 0 Å². The van der Waals surface area contributed by atoms with E-state index in [4.69, 9.17) is 0 Å². The first-order valence-corrected chi connectivity index (χ1v) is 9.97. The van der Waals surface area contributed by atoms with Crippen molar-refractivity contribution in [2.24, 2.45) is 0 Å². The Labute approximate surface area is 163 Å². The molecule has 0 fully saturated rings. The first kappa shape index (κ1) is 17.0. The van der Waals surface area contributed by atoms with Crippen LogP contribution in [0.5, 0.6) is 0 Å². The van der Waals surface area contributed by atoms with Crippen LogP contribution < -0.4 is 5.32 Å². The lowest BCUT2D eigenvalue weighted by atomic mass is 9.91. The summed E-state index contributed by atoms with van der Waals surface area (Å²) in [5.41, 5.74) is 4.55. The maximum absolute atomic E-state index is 12.6. The molecule has 1 aromatic carbocycles. The van der Waals surface area contributed by atoms with Crippen LogP contribution >= 0.6 is 0 Å². The molecule has 4 aromatic rings. The lowest BCUT2D eigenvalue weighted by molar-refractivity contribution is -0.122. The highest BCUT2D eigenvalue weighted by Gasteiger charge is 2.25. The predicted octanol–water partition coefficient (Wildman–Crippen LogP) is 3.73. The fraction of sp³-hybridized carbons (Fsp3) is 0.318. The van der Waals surface area contributed by atoms with Crippen molar-refractivity contribution in [2.45, 2.75) is 44.6 Å². The quantitative estimate of drug-likeness (QED) is 0.560. The van der Waals surface area contributed by atoms with Crippen LogP contribution in [0.2, 0.25) is 0 Å². The van der Waals surface area contributed by atoms with Crippen LogP contribution in [0.4, 0.5) is 0 Å². The zero-order valence-electron chi connectivity index (χ0n) is 15.7. The van der Waals surface area contributed by atoms with Gasteiger partial charge in [0.2, 0.25) is 5.91 Å². The fourth-order valence-corrected chi connectivity index (χ4v) is 4.29. The third kappa shape index (κ3) is 3.05. The van der Waals surface area contributed by atoms with Gasteiger partial charge in [-0.25, -0.2) is 0 Å². The fourth-order valence-electron chi connectivity index (χ4n) is 4.29. The predicted molar refractivity (Wildman–Crippen MR) is 108 cm³/mol. The number of H-pyrrole nitrogens is 1. The van der Waals surface area contributed by atoms with Gasteiger partial charge in [0.25, 0.3) is 0 Å². The van der Waals surface area contributed by atoms with Gasteiger partial charge in [0.1, 0.15) is 5.82 Å². The summed E-state index contributed by atoms with van der Waals surface area (Å²) in [6, 6.07) is 14.3. The number of carbonyl (C=O) groups excluding carboxylic acids is 1. The summed E-state index contributed by atoms with van der Waals surface area (Å²) in [5.74, 6) is 1.00. The molecule has 142 valence electrons. The van der Waals surface area contributed by atoms with E-state index in [1.54, 1.807) is 0 Å². The Morgan fingerprint density at radius 1 is 1.18 bits per heavy atom. The minimum Gasteiger partial charge on any atom is -0.356 e. The molecular formula is C22H23N5O. The highest BCUT2D eigenvalue weighted by molar-refractivity contribution is 5.85. The van der Waals surface area contributed by atoms with E-state index in [2.05, 4.69) is 38.7 Å². The zero-order chi connectivity index (χ0) is 18.9. The van der Waals surface area contributed by atoms with Crippen LogP contribution in [-0.4, -0.2) is 25.5 Å². The smallest absolute Gasteiger partial charge is 0.220 e. The standard InChI is InChI=1S/C22H23N5O/c28-21(13-6-12-20-26-25-19-11-3-4-14-27(19)20)23-18-10-5-8-16-15-7-1-2-9-17(15)24-22(16)18/h1-4,7,9,11,14,18,24H,5-6,8,10,12-13H2,(H,23,28). The Hall–Kier alpha value is -3.15. The number of aryl methyl sites for hydroxylation is 2. The molecule has 5 rings (SSSR count). The van der Waals surface area contributed by atoms with E-state index >= 15 is 0 Å². The molecule has 0 bridgehead atoms. The van der Waals surface area contributed by atoms with Gasteiger partial charge in [-0.05, 0) is 49.4 Å². The SMILES string of the molecule is O=C(CCCc1nnc2ccccn12)NC1CCCc2c1[nH]c1ccccc21. The number of nitrogens with one attached hydrogen (secondary N) is 2. The Morgan fingerprint density at radius 2 is 2.07 bits per heavy atom. The van der Waals surface area contributed by atoms with Crippen LogP contribution in [0.1, 0.15) is 48.8 Å². The lowest BCUT2D eigenvalue weighted by Gasteiger charge is -2.23. The highest BCUT2D eigenvalue weighted by Crippen LogP contribution is 2.34. The number of benzene rings is 1. The lowest BCUT2D eigenvalue weighted by Crippen LogP contribution is -2.30. The average Bonchev–Trinajstić information content (AvgIpc) is 3.30. The van der Waals surface area contributed by atoms with E-state index in [0.29, 0.717) is 6.42 Å². The summed E-state index contributed by atoms with van der Waals surface area (Å²) in [6.45, 7) is 0. The van der Waals surface area contributed by atoms with Crippen molar-refractivity contribution in [3.63, 3.8) is 0 Å². The van der Waals surface area contributed by atoms with Crippen molar-refractivity contribution >= 4 is 22.5 Å². The number of para-hydroxylation sites is 1. The van der Waals surface area contributed by atoms with E-state index in [1.807, 2.05) is 34.9 Å². The monoisotopic (exact) mass is 373 g/mol. The molecule has 1 amide bonds. The van der Waals surface area contributed by atoms with Gasteiger partial charge in [-0.3, -0.25) is 9.20 Å². The van der Waals surface area contributed by atoms with Gasteiger partial charge in [0.15, 0.2) is 5.65 Å². The number of rotatable bonds is 5. The summed E-state index contributed by atoms with van der Waals surface area (Å²) in [6.07, 6.45) is 7.12. The molecule has 1 atom stereocenters. The van der Waals surface area contributed by atoms with Crippen molar-refractivity contribution < 1.29 is 4.79 Å². The number of pyridine rings is 1. The highest BCUT2D eigenvalue weighted by atomic mass is 16.1. The van der Waals surface area contributed by atoms with Crippen LogP contribution in [-0.2, 0) is 17.6 Å². The van der Waals surface area contributed by atoms with Gasteiger partial charge >= 0.3 is 0 Å². The molecule has 0 saturated carbocycles. The maximum Gasteiger partial charge on any atom is 0.220 e. The van der Waals surface area contributed by atoms with Gasteiger partial charge in [0, 0.05) is 35.6 Å². The Morgan fingerprint density at radius 3 is 3.04 bits per heavy atom. The minimum absolute atomic E-state index is 0.0811. The number of hydrogen-bond donors (Lipinski definition) is 2. The summed E-state index contributed by atoms with van der Waals surface area (Å²) in [4.78, 5) is 16.1. The normalized spacial score (nSPS) is 16.4. The topological polar surface area (TPSA) is 75.1 Å². The second-order valence-corrected chi connectivity index (χ2v) is 7.47. The second kappa shape index (κ2) is 7.11. The van der Waals surface area contributed by atoms with Crippen molar-refractivity contribution in [3.05, 3.63) is 65.7 Å². The van der Waals surface area contributed by atoms with E-state index in [-0.39, 0.29) is 11.9 Å². The average molecular weight is 373 g/mol. The van der Waals surface area contributed by atoms with Crippen LogP contribution in [0, 0.1) is 0 Å². The summed E-state index contributed by atoms with van der Waals surface area (Å²) >= 11 is 0. The van der Waals surface area contributed by atoms with Crippen molar-refractivity contribution in [2.75, 3.05) is 0 Å². The van der Waals surface area contributed by atoms with Gasteiger partial charge in [-0.1, -0.05) is 24.3 Å². The summed E-state index contributed by atoms with van der Waals surface area (Å²) in [5, 5.41) is 12.9. The first-order chi connectivity index (χ1) is 13.8. The Kier molecular flexibility index (Phi) is 4.31. The number of amides is 1. The molecule has 0 saturated heterocycles. The molecule has 2 N–H and O–H groups in total. The number of nitrogens with zero attached hydrogens (tertiary/aromatic N) is 3. The summed E-state index contributed by atoms with van der Waals surface area (Å²) < 4.78 is 1.98. The van der Waals surface area contributed by atoms with Crippen molar-refractivity contribution in [1.82, 2.24) is 24.9 Å². The molecule has 0 aliphatic heterocycles. The van der Waals surface area contributed by atoms with Gasteiger partial charge in [0.05, 0.1) is 6.04 Å². The summed E-state index contributed by atoms with van der Waals surface area (Å²) in [7, 11) is 0. The second-order valence-electron chi connectivity index (χ2n) is 7.47.